The molecule has 2 amide bonds. The van der Waals surface area contributed by atoms with Gasteiger partial charge in [0.1, 0.15) is 5.75 Å². The van der Waals surface area contributed by atoms with Gasteiger partial charge in [-0.25, -0.2) is 0 Å². The van der Waals surface area contributed by atoms with Gasteiger partial charge in [-0.1, -0.05) is 18.2 Å². The molecule has 0 spiro atoms. The van der Waals surface area contributed by atoms with Crippen molar-refractivity contribution in [3.8, 4) is 5.75 Å². The fraction of sp³-hybridized carbons (Fsp3) is 0.176. The third kappa shape index (κ3) is 3.09. The quantitative estimate of drug-likeness (QED) is 0.915. The molecule has 0 aromatic heterocycles. The van der Waals surface area contributed by atoms with Gasteiger partial charge < -0.3 is 15.4 Å². The molecule has 22 heavy (non-hydrogen) atoms. The van der Waals surface area contributed by atoms with Crippen LogP contribution in [0, 0.1) is 0 Å². The van der Waals surface area contributed by atoms with Crippen LogP contribution in [-0.2, 0) is 16.0 Å². The van der Waals surface area contributed by atoms with Crippen molar-refractivity contribution in [3.05, 3.63) is 54.1 Å². The van der Waals surface area contributed by atoms with E-state index in [0.717, 1.165) is 11.3 Å². The average Bonchev–Trinajstić information content (AvgIpc) is 2.93. The molecule has 2 aromatic rings. The highest BCUT2D eigenvalue weighted by Crippen LogP contribution is 2.28. The van der Waals surface area contributed by atoms with Crippen LogP contribution in [0.1, 0.15) is 12.5 Å². The lowest BCUT2D eigenvalue weighted by atomic mass is 10.1. The van der Waals surface area contributed by atoms with Crippen molar-refractivity contribution in [1.82, 2.24) is 0 Å². The Balaban J connectivity index is 1.62. The largest absolute Gasteiger partial charge is 0.480 e. The van der Waals surface area contributed by atoms with E-state index in [1.165, 1.54) is 6.92 Å². The monoisotopic (exact) mass is 296 g/mol. The maximum Gasteiger partial charge on any atom is 0.265 e. The maximum absolute atomic E-state index is 12.2. The summed E-state index contributed by atoms with van der Waals surface area (Å²) in [6, 6.07) is 14.6. The van der Waals surface area contributed by atoms with E-state index in [-0.39, 0.29) is 11.8 Å². The molecule has 1 aliphatic rings. The van der Waals surface area contributed by atoms with Gasteiger partial charge in [0.15, 0.2) is 6.10 Å². The molecule has 5 heteroatoms. The van der Waals surface area contributed by atoms with Gasteiger partial charge in [-0.15, -0.1) is 0 Å². The highest BCUT2D eigenvalue weighted by atomic mass is 16.5. The molecule has 3 rings (SSSR count). The average molecular weight is 296 g/mol. The molecule has 2 aromatic carbocycles. The van der Waals surface area contributed by atoms with Gasteiger partial charge in [0.25, 0.3) is 5.91 Å². The molecule has 1 heterocycles. The van der Waals surface area contributed by atoms with E-state index in [0.29, 0.717) is 17.8 Å². The minimum absolute atomic E-state index is 0.131. The fourth-order valence-electron chi connectivity index (χ4n) is 2.39. The van der Waals surface area contributed by atoms with Crippen LogP contribution in [0.25, 0.3) is 0 Å². The molecule has 1 aliphatic heterocycles. The fourth-order valence-corrected chi connectivity index (χ4v) is 2.39. The van der Waals surface area contributed by atoms with Crippen LogP contribution >= 0.6 is 0 Å². The van der Waals surface area contributed by atoms with Gasteiger partial charge in [0.05, 0.1) is 0 Å². The molecule has 5 nitrogen and oxygen atoms in total. The van der Waals surface area contributed by atoms with E-state index in [1.54, 1.807) is 24.3 Å². The summed E-state index contributed by atoms with van der Waals surface area (Å²) < 4.78 is 5.65. The maximum atomic E-state index is 12.2. The van der Waals surface area contributed by atoms with Crippen molar-refractivity contribution in [3.63, 3.8) is 0 Å². The molecule has 0 saturated carbocycles. The number of carbonyl (C=O) groups excluding carboxylic acids is 2. The van der Waals surface area contributed by atoms with E-state index in [4.69, 9.17) is 4.74 Å². The molecular weight excluding hydrogens is 280 g/mol. The van der Waals surface area contributed by atoms with Crippen molar-refractivity contribution >= 4 is 23.2 Å². The topological polar surface area (TPSA) is 67.4 Å². The summed E-state index contributed by atoms with van der Waals surface area (Å²) in [5, 5.41) is 5.50. The zero-order chi connectivity index (χ0) is 15.5. The first-order valence-electron chi connectivity index (χ1n) is 7.05. The Morgan fingerprint density at radius 3 is 2.27 bits per heavy atom. The third-order valence-electron chi connectivity index (χ3n) is 3.41. The first-order valence-corrected chi connectivity index (χ1v) is 7.05. The highest BCUT2D eigenvalue weighted by molar-refractivity contribution is 5.95. The Bertz CT molecular complexity index is 685. The molecule has 0 fully saturated rings. The van der Waals surface area contributed by atoms with Gasteiger partial charge in [-0.2, -0.15) is 0 Å². The zero-order valence-corrected chi connectivity index (χ0v) is 12.1. The second-order valence-electron chi connectivity index (χ2n) is 5.17. The molecule has 0 saturated heterocycles. The Labute approximate surface area is 128 Å². The van der Waals surface area contributed by atoms with E-state index < -0.39 is 6.10 Å². The molecule has 1 atom stereocenters. The van der Waals surface area contributed by atoms with E-state index >= 15 is 0 Å². The Morgan fingerprint density at radius 1 is 1.00 bits per heavy atom. The lowest BCUT2D eigenvalue weighted by Crippen LogP contribution is -2.31. The molecule has 0 aliphatic carbocycles. The smallest absolute Gasteiger partial charge is 0.265 e. The number of rotatable bonds is 3. The minimum atomic E-state index is -0.507. The predicted molar refractivity (Wildman–Crippen MR) is 83.9 cm³/mol. The molecule has 0 bridgehead atoms. The summed E-state index contributed by atoms with van der Waals surface area (Å²) >= 11 is 0. The number of carbonyl (C=O) groups is 2. The van der Waals surface area contributed by atoms with Crippen LogP contribution in [-0.4, -0.2) is 17.9 Å². The number of anilines is 2. The number of amides is 2. The second kappa shape index (κ2) is 5.89. The van der Waals surface area contributed by atoms with Gasteiger partial charge in [0, 0.05) is 24.7 Å². The lowest BCUT2D eigenvalue weighted by molar-refractivity contribution is -0.122. The number of ether oxygens (including phenoxy) is 1. The number of fused-ring (bicyclic) bond motifs is 1. The van der Waals surface area contributed by atoms with Crippen molar-refractivity contribution in [2.75, 3.05) is 10.6 Å². The number of hydrogen-bond acceptors (Lipinski definition) is 3. The minimum Gasteiger partial charge on any atom is -0.480 e. The highest BCUT2D eigenvalue weighted by Gasteiger charge is 2.28. The predicted octanol–water partition coefficient (Wildman–Crippen LogP) is 2.59. The summed E-state index contributed by atoms with van der Waals surface area (Å²) in [5.41, 5.74) is 2.40. The van der Waals surface area contributed by atoms with Gasteiger partial charge in [0.2, 0.25) is 5.91 Å². The van der Waals surface area contributed by atoms with Gasteiger partial charge >= 0.3 is 0 Å². The molecule has 0 unspecified atom stereocenters. The molecule has 112 valence electrons. The van der Waals surface area contributed by atoms with Crippen LogP contribution in [0.5, 0.6) is 5.75 Å². The van der Waals surface area contributed by atoms with Crippen molar-refractivity contribution in [1.29, 1.82) is 0 Å². The normalized spacial score (nSPS) is 15.6. The van der Waals surface area contributed by atoms with Crippen molar-refractivity contribution in [2.24, 2.45) is 0 Å². The van der Waals surface area contributed by atoms with E-state index in [9.17, 15) is 9.59 Å². The van der Waals surface area contributed by atoms with Crippen LogP contribution in [0.2, 0.25) is 0 Å². The first kappa shape index (κ1) is 14.1. The van der Waals surface area contributed by atoms with Crippen molar-refractivity contribution < 1.29 is 14.3 Å². The summed E-state index contributed by atoms with van der Waals surface area (Å²) in [7, 11) is 0. The Morgan fingerprint density at radius 2 is 1.64 bits per heavy atom. The van der Waals surface area contributed by atoms with Crippen LogP contribution < -0.4 is 15.4 Å². The molecule has 0 radical (unpaired) electrons. The summed E-state index contributed by atoms with van der Waals surface area (Å²) in [4.78, 5) is 23.2. The first-order chi connectivity index (χ1) is 10.6. The standard InChI is InChI=1S/C17H16N2O3/c1-11(20)18-13-6-8-14(9-7-13)19-17(21)16-10-12-4-2-3-5-15(12)22-16/h2-9,16H,10H2,1H3,(H,18,20)(H,19,21)/t16-/m1/s1. The van der Waals surface area contributed by atoms with E-state index in [2.05, 4.69) is 10.6 Å². The number of benzene rings is 2. The third-order valence-corrected chi connectivity index (χ3v) is 3.41. The zero-order valence-electron chi connectivity index (χ0n) is 12.1. The molecule has 2 N–H and O–H groups in total. The number of nitrogens with one attached hydrogen (secondary N) is 2. The second-order valence-corrected chi connectivity index (χ2v) is 5.17. The Kier molecular flexibility index (Phi) is 3.78. The number of hydrogen-bond donors (Lipinski definition) is 2. The Hall–Kier alpha value is -2.82. The number of para-hydroxylation sites is 1. The summed E-state index contributed by atoms with van der Waals surface area (Å²) in [5.74, 6) is 0.459. The lowest BCUT2D eigenvalue weighted by Gasteiger charge is -2.12. The van der Waals surface area contributed by atoms with Crippen LogP contribution in [0.4, 0.5) is 11.4 Å². The van der Waals surface area contributed by atoms with Crippen LogP contribution in [0.3, 0.4) is 0 Å². The van der Waals surface area contributed by atoms with Gasteiger partial charge in [-0.05, 0) is 35.9 Å². The SMILES string of the molecule is CC(=O)Nc1ccc(NC(=O)[C@H]2Cc3ccccc3O2)cc1. The molecular formula is C17H16N2O3. The summed E-state index contributed by atoms with van der Waals surface area (Å²) in [6.45, 7) is 1.45. The van der Waals surface area contributed by atoms with Crippen LogP contribution in [0.15, 0.2) is 48.5 Å². The summed E-state index contributed by atoms with van der Waals surface area (Å²) in [6.07, 6.45) is 0.0684. The van der Waals surface area contributed by atoms with Gasteiger partial charge in [-0.3, -0.25) is 9.59 Å². The van der Waals surface area contributed by atoms with Crippen molar-refractivity contribution in [2.45, 2.75) is 19.4 Å². The van der Waals surface area contributed by atoms with E-state index in [1.807, 2.05) is 24.3 Å².